The van der Waals surface area contributed by atoms with Crippen LogP contribution in [0.5, 0.6) is 5.75 Å². The molecule has 0 aliphatic rings. The van der Waals surface area contributed by atoms with Crippen LogP contribution in [0.4, 0.5) is 0 Å². The Morgan fingerprint density at radius 1 is 1.28 bits per heavy atom. The van der Waals surface area contributed by atoms with Gasteiger partial charge in [0.15, 0.2) is 0 Å². The van der Waals surface area contributed by atoms with Gasteiger partial charge in [0.05, 0.1) is 6.10 Å². The van der Waals surface area contributed by atoms with E-state index in [9.17, 15) is 5.11 Å². The van der Waals surface area contributed by atoms with Gasteiger partial charge >= 0.3 is 0 Å². The Bertz CT molecular complexity index is 493. The first-order chi connectivity index (χ1) is 8.70. The molecule has 0 bridgehead atoms. The lowest BCUT2D eigenvalue weighted by molar-refractivity contribution is 0.173. The minimum atomic E-state index is -0.416. The number of rotatable bonds is 5. The van der Waals surface area contributed by atoms with E-state index in [2.05, 4.69) is 14.9 Å². The third-order valence-corrected chi connectivity index (χ3v) is 2.77. The highest BCUT2D eigenvalue weighted by Crippen LogP contribution is 2.20. The zero-order valence-electron chi connectivity index (χ0n) is 10.5. The van der Waals surface area contributed by atoms with Crippen molar-refractivity contribution in [3.63, 3.8) is 0 Å². The average molecular weight is 248 g/mol. The fourth-order valence-corrected chi connectivity index (χ4v) is 1.55. The second-order valence-electron chi connectivity index (χ2n) is 4.08. The van der Waals surface area contributed by atoms with Crippen molar-refractivity contribution in [2.24, 2.45) is 0 Å². The predicted molar refractivity (Wildman–Crippen MR) is 65.1 cm³/mol. The lowest BCUT2D eigenvalue weighted by Crippen LogP contribution is -1.99. The Morgan fingerprint density at radius 3 is 2.56 bits per heavy atom. The molecule has 0 radical (unpaired) electrons. The first-order valence-electron chi connectivity index (χ1n) is 5.89. The molecule has 1 N–H and O–H groups in total. The Hall–Kier alpha value is -1.88. The molecule has 0 saturated carbocycles. The molecule has 2 aromatic rings. The van der Waals surface area contributed by atoms with Crippen molar-refractivity contribution in [3.05, 3.63) is 41.2 Å². The SMILES string of the molecule is CC[C@@H](O)c1ccc(OCc2nonc2C)cc1. The molecule has 2 rings (SSSR count). The normalized spacial score (nSPS) is 12.4. The summed E-state index contributed by atoms with van der Waals surface area (Å²) in [4.78, 5) is 0. The van der Waals surface area contributed by atoms with Crippen molar-refractivity contribution in [1.29, 1.82) is 0 Å². The number of aryl methyl sites for hydroxylation is 1. The summed E-state index contributed by atoms with van der Waals surface area (Å²) in [7, 11) is 0. The molecular weight excluding hydrogens is 232 g/mol. The van der Waals surface area contributed by atoms with Crippen molar-refractivity contribution in [3.8, 4) is 5.75 Å². The summed E-state index contributed by atoms with van der Waals surface area (Å²) in [6, 6.07) is 7.38. The monoisotopic (exact) mass is 248 g/mol. The van der Waals surface area contributed by atoms with Gasteiger partial charge in [0.1, 0.15) is 23.7 Å². The predicted octanol–water partition coefficient (Wildman–Crippen LogP) is 2.40. The lowest BCUT2D eigenvalue weighted by Gasteiger charge is -2.09. The maximum Gasteiger partial charge on any atom is 0.145 e. The number of hydrogen-bond acceptors (Lipinski definition) is 5. The van der Waals surface area contributed by atoms with Crippen LogP contribution in [0.2, 0.25) is 0 Å². The van der Waals surface area contributed by atoms with Gasteiger partial charge in [-0.15, -0.1) is 0 Å². The van der Waals surface area contributed by atoms with Gasteiger partial charge in [0, 0.05) is 0 Å². The van der Waals surface area contributed by atoms with Crippen molar-refractivity contribution in [1.82, 2.24) is 10.3 Å². The average Bonchev–Trinajstić information content (AvgIpc) is 2.81. The molecule has 5 nitrogen and oxygen atoms in total. The van der Waals surface area contributed by atoms with Crippen LogP contribution >= 0.6 is 0 Å². The number of aromatic nitrogens is 2. The van der Waals surface area contributed by atoms with Crippen LogP contribution in [0, 0.1) is 6.92 Å². The minimum absolute atomic E-state index is 0.324. The third-order valence-electron chi connectivity index (χ3n) is 2.77. The van der Waals surface area contributed by atoms with Gasteiger partial charge < -0.3 is 9.84 Å². The highest BCUT2D eigenvalue weighted by Gasteiger charge is 2.07. The van der Waals surface area contributed by atoms with Crippen molar-refractivity contribution in [2.45, 2.75) is 33.0 Å². The van der Waals surface area contributed by atoms with Crippen molar-refractivity contribution >= 4 is 0 Å². The largest absolute Gasteiger partial charge is 0.487 e. The van der Waals surface area contributed by atoms with Crippen LogP contribution in [0.25, 0.3) is 0 Å². The summed E-state index contributed by atoms with van der Waals surface area (Å²) in [5, 5.41) is 17.1. The maximum atomic E-state index is 9.67. The van der Waals surface area contributed by atoms with Gasteiger partial charge in [-0.25, -0.2) is 4.63 Å². The van der Waals surface area contributed by atoms with Crippen LogP contribution in [-0.4, -0.2) is 15.4 Å². The van der Waals surface area contributed by atoms with Crippen LogP contribution < -0.4 is 4.74 Å². The van der Waals surface area contributed by atoms with E-state index in [1.807, 2.05) is 38.1 Å². The summed E-state index contributed by atoms with van der Waals surface area (Å²) in [6.07, 6.45) is 0.283. The van der Waals surface area contributed by atoms with Gasteiger partial charge in [-0.2, -0.15) is 0 Å². The molecular formula is C13H16N2O3. The Kier molecular flexibility index (Phi) is 3.94. The van der Waals surface area contributed by atoms with Gasteiger partial charge in [-0.1, -0.05) is 29.4 Å². The Balaban J connectivity index is 1.96. The molecule has 1 aromatic heterocycles. The molecule has 5 heteroatoms. The highest BCUT2D eigenvalue weighted by molar-refractivity contribution is 5.28. The van der Waals surface area contributed by atoms with Crippen LogP contribution in [0.1, 0.15) is 36.4 Å². The molecule has 18 heavy (non-hydrogen) atoms. The molecule has 0 unspecified atom stereocenters. The van der Waals surface area contributed by atoms with Gasteiger partial charge in [-0.05, 0) is 31.0 Å². The third kappa shape index (κ3) is 2.87. The summed E-state index contributed by atoms with van der Waals surface area (Å²) < 4.78 is 10.1. The van der Waals surface area contributed by atoms with E-state index >= 15 is 0 Å². The summed E-state index contributed by atoms with van der Waals surface area (Å²) in [5.74, 6) is 0.726. The van der Waals surface area contributed by atoms with E-state index < -0.39 is 6.10 Å². The number of nitrogens with zero attached hydrogens (tertiary/aromatic N) is 2. The van der Waals surface area contributed by atoms with E-state index in [0.29, 0.717) is 18.7 Å². The van der Waals surface area contributed by atoms with E-state index in [0.717, 1.165) is 17.0 Å². The second kappa shape index (κ2) is 5.64. The quantitative estimate of drug-likeness (QED) is 0.879. The van der Waals surface area contributed by atoms with Crippen LogP contribution in [0.15, 0.2) is 28.9 Å². The van der Waals surface area contributed by atoms with Gasteiger partial charge in [-0.3, -0.25) is 0 Å². The fourth-order valence-electron chi connectivity index (χ4n) is 1.55. The number of aliphatic hydroxyl groups excluding tert-OH is 1. The Morgan fingerprint density at radius 2 is 2.00 bits per heavy atom. The number of aliphatic hydroxyl groups is 1. The fraction of sp³-hybridized carbons (Fsp3) is 0.385. The maximum absolute atomic E-state index is 9.67. The lowest BCUT2D eigenvalue weighted by atomic mass is 10.1. The first kappa shape index (κ1) is 12.6. The molecule has 96 valence electrons. The van der Waals surface area contributed by atoms with E-state index in [4.69, 9.17) is 4.74 Å². The number of ether oxygens (including phenoxy) is 1. The highest BCUT2D eigenvalue weighted by atomic mass is 16.6. The standard InChI is InChI=1S/C13H16N2O3/c1-3-13(16)10-4-6-11(7-5-10)17-8-12-9(2)14-18-15-12/h4-7,13,16H,3,8H2,1-2H3/t13-/m1/s1. The summed E-state index contributed by atoms with van der Waals surface area (Å²) in [5.41, 5.74) is 2.31. The Labute approximate surface area is 105 Å². The van der Waals surface area contributed by atoms with Gasteiger partial charge in [0.25, 0.3) is 0 Å². The molecule has 0 spiro atoms. The molecule has 1 aromatic carbocycles. The molecule has 0 amide bonds. The topological polar surface area (TPSA) is 68.4 Å². The molecule has 0 aliphatic carbocycles. The molecule has 0 saturated heterocycles. The molecule has 1 atom stereocenters. The van der Waals surface area contributed by atoms with E-state index in [1.165, 1.54) is 0 Å². The number of hydrogen-bond donors (Lipinski definition) is 1. The second-order valence-corrected chi connectivity index (χ2v) is 4.08. The van der Waals surface area contributed by atoms with Crippen molar-refractivity contribution in [2.75, 3.05) is 0 Å². The number of benzene rings is 1. The first-order valence-corrected chi connectivity index (χ1v) is 5.89. The summed E-state index contributed by atoms with van der Waals surface area (Å²) in [6.45, 7) is 4.08. The zero-order chi connectivity index (χ0) is 13.0. The van der Waals surface area contributed by atoms with Crippen LogP contribution in [0.3, 0.4) is 0 Å². The molecule has 0 aliphatic heterocycles. The van der Waals surface area contributed by atoms with Gasteiger partial charge in [0.2, 0.25) is 0 Å². The van der Waals surface area contributed by atoms with Crippen molar-refractivity contribution < 1.29 is 14.5 Å². The zero-order valence-corrected chi connectivity index (χ0v) is 10.5. The van der Waals surface area contributed by atoms with Crippen LogP contribution in [-0.2, 0) is 6.61 Å². The molecule has 0 fully saturated rings. The van der Waals surface area contributed by atoms with E-state index in [-0.39, 0.29) is 0 Å². The molecule has 1 heterocycles. The van der Waals surface area contributed by atoms with E-state index in [1.54, 1.807) is 0 Å². The summed E-state index contributed by atoms with van der Waals surface area (Å²) >= 11 is 0. The smallest absolute Gasteiger partial charge is 0.145 e. The minimum Gasteiger partial charge on any atom is -0.487 e.